The lowest BCUT2D eigenvalue weighted by atomic mass is 10.2. The molecule has 0 bridgehead atoms. The topological polar surface area (TPSA) is 43.8 Å². The molecule has 0 amide bonds. The van der Waals surface area contributed by atoms with Crippen molar-refractivity contribution < 1.29 is 0 Å². The first-order chi connectivity index (χ1) is 6.20. The molecule has 2 rings (SSSR count). The molecule has 1 aromatic rings. The second-order valence-corrected chi connectivity index (χ2v) is 4.75. The minimum absolute atomic E-state index is 0.603. The van der Waals surface area contributed by atoms with E-state index < -0.39 is 0 Å². The monoisotopic (exact) mass is 291 g/mol. The largest absolute Gasteiger partial charge is 0.381 e. The number of hydrogen-bond acceptors (Lipinski definition) is 2. The van der Waals surface area contributed by atoms with Gasteiger partial charge in [0.15, 0.2) is 5.82 Å². The maximum absolute atomic E-state index is 5.77. The molecule has 0 radical (unpaired) electrons. The molecule has 0 atom stereocenters. The number of nitrogens with two attached hydrogens (primary N) is 1. The molecule has 1 fully saturated rings. The van der Waals surface area contributed by atoms with Crippen LogP contribution in [0.25, 0.3) is 0 Å². The molecular formula is C9H14IN3. The summed E-state index contributed by atoms with van der Waals surface area (Å²) >= 11 is 2.27. The highest BCUT2D eigenvalue weighted by atomic mass is 127. The highest BCUT2D eigenvalue weighted by Gasteiger charge is 2.21. The molecule has 0 aliphatic heterocycles. The summed E-state index contributed by atoms with van der Waals surface area (Å²) in [5.41, 5.74) is 7.00. The zero-order valence-electron chi connectivity index (χ0n) is 7.76. The van der Waals surface area contributed by atoms with Crippen LogP contribution in [0.3, 0.4) is 0 Å². The molecule has 1 aliphatic carbocycles. The van der Waals surface area contributed by atoms with E-state index in [9.17, 15) is 0 Å². The molecule has 1 aliphatic rings. The maximum Gasteiger partial charge on any atom is 0.159 e. The van der Waals surface area contributed by atoms with Crippen LogP contribution in [0, 0.1) is 10.5 Å². The molecule has 0 saturated heterocycles. The third-order valence-corrected chi connectivity index (χ3v) is 4.11. The van der Waals surface area contributed by atoms with Crippen LogP contribution in [0.1, 0.15) is 37.4 Å². The number of hydrogen-bond donors (Lipinski definition) is 1. The number of rotatable bonds is 1. The highest BCUT2D eigenvalue weighted by Crippen LogP contribution is 2.32. The molecular weight excluding hydrogens is 277 g/mol. The Kier molecular flexibility index (Phi) is 2.49. The van der Waals surface area contributed by atoms with E-state index in [0.29, 0.717) is 11.9 Å². The molecule has 72 valence electrons. The first kappa shape index (κ1) is 9.30. The molecule has 3 nitrogen and oxygen atoms in total. The molecule has 1 aromatic heterocycles. The van der Waals surface area contributed by atoms with Gasteiger partial charge in [0.25, 0.3) is 0 Å². The predicted molar refractivity (Wildman–Crippen MR) is 61.6 cm³/mol. The van der Waals surface area contributed by atoms with E-state index in [0.717, 1.165) is 3.57 Å². The van der Waals surface area contributed by atoms with Gasteiger partial charge in [-0.3, -0.25) is 4.68 Å². The number of nitrogen functional groups attached to an aromatic ring is 1. The van der Waals surface area contributed by atoms with Crippen molar-refractivity contribution in [2.24, 2.45) is 0 Å². The highest BCUT2D eigenvalue weighted by molar-refractivity contribution is 14.1. The Morgan fingerprint density at radius 2 is 2.08 bits per heavy atom. The number of halogens is 1. The first-order valence-corrected chi connectivity index (χ1v) is 5.78. The van der Waals surface area contributed by atoms with Gasteiger partial charge in [0.2, 0.25) is 0 Å². The zero-order valence-corrected chi connectivity index (χ0v) is 9.91. The van der Waals surface area contributed by atoms with E-state index in [1.165, 1.54) is 31.4 Å². The van der Waals surface area contributed by atoms with Crippen molar-refractivity contribution in [1.29, 1.82) is 0 Å². The maximum atomic E-state index is 5.77. The first-order valence-electron chi connectivity index (χ1n) is 4.70. The van der Waals surface area contributed by atoms with Crippen LogP contribution < -0.4 is 5.73 Å². The van der Waals surface area contributed by atoms with E-state index >= 15 is 0 Å². The third-order valence-electron chi connectivity index (χ3n) is 2.77. The van der Waals surface area contributed by atoms with Crippen molar-refractivity contribution in [2.45, 2.75) is 38.6 Å². The van der Waals surface area contributed by atoms with E-state index in [1.54, 1.807) is 0 Å². The Bertz CT molecular complexity index is 313. The molecule has 1 saturated carbocycles. The fourth-order valence-electron chi connectivity index (χ4n) is 2.03. The lowest BCUT2D eigenvalue weighted by Gasteiger charge is -2.11. The Hall–Kier alpha value is -0.260. The van der Waals surface area contributed by atoms with Crippen LogP contribution in [-0.2, 0) is 0 Å². The summed E-state index contributed by atoms with van der Waals surface area (Å²) in [5.74, 6) is 0.685. The summed E-state index contributed by atoms with van der Waals surface area (Å²) in [7, 11) is 0. The molecule has 0 spiro atoms. The summed E-state index contributed by atoms with van der Waals surface area (Å²) in [6.07, 6.45) is 5.19. The quantitative estimate of drug-likeness (QED) is 0.808. The number of anilines is 1. The lowest BCUT2D eigenvalue weighted by Crippen LogP contribution is -2.08. The molecule has 4 heteroatoms. The van der Waals surface area contributed by atoms with E-state index in [2.05, 4.69) is 39.3 Å². The minimum atomic E-state index is 0.603. The standard InChI is InChI=1S/C9H14IN3/c1-6-8(10)9(11)12-13(6)7-4-2-3-5-7/h7H,2-5H2,1H3,(H2,11,12). The summed E-state index contributed by atoms with van der Waals surface area (Å²) in [6, 6.07) is 0.603. The zero-order chi connectivity index (χ0) is 9.42. The Labute approximate surface area is 91.8 Å². The Morgan fingerprint density at radius 3 is 2.54 bits per heavy atom. The van der Waals surface area contributed by atoms with Crippen molar-refractivity contribution in [3.05, 3.63) is 9.26 Å². The van der Waals surface area contributed by atoms with Gasteiger partial charge >= 0.3 is 0 Å². The van der Waals surface area contributed by atoms with Gasteiger partial charge in [0.05, 0.1) is 15.3 Å². The van der Waals surface area contributed by atoms with Crippen molar-refractivity contribution >= 4 is 28.4 Å². The minimum Gasteiger partial charge on any atom is -0.381 e. The summed E-state index contributed by atoms with van der Waals surface area (Å²) in [4.78, 5) is 0. The van der Waals surface area contributed by atoms with Gasteiger partial charge in [0.1, 0.15) is 0 Å². The average molecular weight is 291 g/mol. The van der Waals surface area contributed by atoms with Gasteiger partial charge < -0.3 is 5.73 Å². The SMILES string of the molecule is Cc1c(I)c(N)nn1C1CCCC1. The predicted octanol–water partition coefficient (Wildman–Crippen LogP) is 2.49. The van der Waals surface area contributed by atoms with Crippen molar-refractivity contribution in [3.8, 4) is 0 Å². The molecule has 2 N–H and O–H groups in total. The van der Waals surface area contributed by atoms with Crippen LogP contribution in [0.15, 0.2) is 0 Å². The summed E-state index contributed by atoms with van der Waals surface area (Å²) in [5, 5.41) is 4.38. The van der Waals surface area contributed by atoms with E-state index in [-0.39, 0.29) is 0 Å². The van der Waals surface area contributed by atoms with Crippen LogP contribution in [0.2, 0.25) is 0 Å². The second-order valence-electron chi connectivity index (χ2n) is 3.67. The molecule has 0 aromatic carbocycles. The smallest absolute Gasteiger partial charge is 0.159 e. The van der Waals surface area contributed by atoms with Crippen LogP contribution in [-0.4, -0.2) is 9.78 Å². The van der Waals surface area contributed by atoms with Gasteiger partial charge in [-0.25, -0.2) is 0 Å². The van der Waals surface area contributed by atoms with Crippen LogP contribution >= 0.6 is 22.6 Å². The van der Waals surface area contributed by atoms with Crippen LogP contribution in [0.5, 0.6) is 0 Å². The van der Waals surface area contributed by atoms with E-state index in [1.807, 2.05) is 0 Å². The van der Waals surface area contributed by atoms with Gasteiger partial charge in [0, 0.05) is 0 Å². The van der Waals surface area contributed by atoms with Gasteiger partial charge in [-0.1, -0.05) is 12.8 Å². The molecule has 0 unspecified atom stereocenters. The fourth-order valence-corrected chi connectivity index (χ4v) is 2.38. The lowest BCUT2D eigenvalue weighted by molar-refractivity contribution is 0.458. The van der Waals surface area contributed by atoms with Crippen molar-refractivity contribution in [1.82, 2.24) is 9.78 Å². The average Bonchev–Trinajstić information content (AvgIpc) is 2.70. The van der Waals surface area contributed by atoms with Gasteiger partial charge in [-0.05, 0) is 42.4 Å². The summed E-state index contributed by atoms with van der Waals surface area (Å²) < 4.78 is 3.23. The number of nitrogens with zero attached hydrogens (tertiary/aromatic N) is 2. The fraction of sp³-hybridized carbons (Fsp3) is 0.667. The van der Waals surface area contributed by atoms with Crippen molar-refractivity contribution in [3.63, 3.8) is 0 Å². The third kappa shape index (κ3) is 1.56. The second kappa shape index (κ2) is 3.48. The normalized spacial score (nSPS) is 18.3. The van der Waals surface area contributed by atoms with Crippen LogP contribution in [0.4, 0.5) is 5.82 Å². The Morgan fingerprint density at radius 1 is 1.46 bits per heavy atom. The van der Waals surface area contributed by atoms with Gasteiger partial charge in [-0.15, -0.1) is 0 Å². The van der Waals surface area contributed by atoms with Gasteiger partial charge in [-0.2, -0.15) is 5.10 Å². The molecule has 1 heterocycles. The molecule has 13 heavy (non-hydrogen) atoms. The Balaban J connectivity index is 2.34. The summed E-state index contributed by atoms with van der Waals surface area (Å²) in [6.45, 7) is 2.10. The van der Waals surface area contributed by atoms with E-state index in [4.69, 9.17) is 5.73 Å². The number of aromatic nitrogens is 2. The van der Waals surface area contributed by atoms with Crippen molar-refractivity contribution in [2.75, 3.05) is 5.73 Å².